The Morgan fingerprint density at radius 2 is 0.979 bits per heavy atom. The molecule has 3 aliphatic rings. The summed E-state index contributed by atoms with van der Waals surface area (Å²) < 4.78 is 0. The third-order valence-electron chi connectivity index (χ3n) is 9.24. The highest BCUT2D eigenvalue weighted by Crippen LogP contribution is 2.35. The predicted molar refractivity (Wildman–Crippen MR) is 196 cm³/mol. The minimum Gasteiger partial charge on any atom is -0.374 e. The van der Waals surface area contributed by atoms with Crippen LogP contribution >= 0.6 is 0 Å². The zero-order valence-corrected chi connectivity index (χ0v) is 26.2. The summed E-state index contributed by atoms with van der Waals surface area (Å²) in [4.78, 5) is 13.0. The number of hydrogen-bond donors (Lipinski definition) is 3. The summed E-state index contributed by atoms with van der Waals surface area (Å²) in [5.41, 5.74) is 13.9. The first-order valence-electron chi connectivity index (χ1n) is 16.4. The first-order chi connectivity index (χ1) is 23.8. The fraction of sp³-hybridized carbons (Fsp3) is 0.0227. The Labute approximate surface area is 279 Å². The van der Waals surface area contributed by atoms with Crippen LogP contribution in [0.25, 0.3) is 22.3 Å². The lowest BCUT2D eigenvalue weighted by Gasteiger charge is -2.18. The topological polar surface area (TPSA) is 56.0 Å². The highest BCUT2D eigenvalue weighted by Gasteiger charge is 2.25. The Hall–Kier alpha value is -6.39. The van der Waals surface area contributed by atoms with E-state index in [9.17, 15) is 0 Å². The molecule has 2 aromatic heterocycles. The summed E-state index contributed by atoms with van der Waals surface area (Å²) >= 11 is 0. The van der Waals surface area contributed by atoms with Crippen molar-refractivity contribution in [2.24, 2.45) is 4.99 Å². The van der Waals surface area contributed by atoms with Gasteiger partial charge in [0.1, 0.15) is 0 Å². The summed E-state index contributed by atoms with van der Waals surface area (Å²) in [6.45, 7) is 0. The van der Waals surface area contributed by atoms with E-state index in [1.54, 1.807) is 0 Å². The lowest BCUT2D eigenvalue weighted by atomic mass is 9.98. The fourth-order valence-electron chi connectivity index (χ4n) is 7.08. The molecule has 4 nitrogen and oxygen atoms in total. The number of benzene rings is 4. The maximum Gasteiger partial charge on any atom is 0.0737 e. The highest BCUT2D eigenvalue weighted by atomic mass is 15.0. The van der Waals surface area contributed by atoms with Gasteiger partial charge in [0.05, 0.1) is 17.5 Å². The van der Waals surface area contributed by atoms with Gasteiger partial charge in [-0.25, -0.2) is 4.99 Å². The van der Waals surface area contributed by atoms with Gasteiger partial charge in [-0.15, -0.1) is 0 Å². The molecule has 3 N–H and O–H groups in total. The first kappa shape index (κ1) is 27.9. The van der Waals surface area contributed by atoms with E-state index >= 15 is 0 Å². The summed E-state index contributed by atoms with van der Waals surface area (Å²) in [7, 11) is 0. The van der Waals surface area contributed by atoms with Crippen molar-refractivity contribution >= 4 is 28.0 Å². The average molecular weight is 617 g/mol. The summed E-state index contributed by atoms with van der Waals surface area (Å²) in [6.07, 6.45) is 8.80. The van der Waals surface area contributed by atoms with E-state index in [1.807, 2.05) is 0 Å². The van der Waals surface area contributed by atoms with E-state index < -0.39 is 0 Å². The standard InChI is InChI=1S/C44H32N4/c1-5-13-29(14-6-1)41-33-21-23-35(45-33)42(30-15-7-2-8-16-30)37-25-27-39(47-37)44(32-19-11-4-12-20-32)40-28-26-38(48-40)43(31-17-9-3-10-18-31)36-24-22-34(41)46-36/h1-28,33,45-47H/b41-34-,42-35?,43-36-,44-40?. The molecule has 4 aromatic carbocycles. The van der Waals surface area contributed by atoms with Gasteiger partial charge in [-0.2, -0.15) is 0 Å². The molecular weight excluding hydrogens is 585 g/mol. The molecule has 0 aliphatic carbocycles. The van der Waals surface area contributed by atoms with Crippen molar-refractivity contribution < 1.29 is 0 Å². The largest absolute Gasteiger partial charge is 0.374 e. The summed E-state index contributed by atoms with van der Waals surface area (Å²) in [6, 6.07) is 51.1. The number of nitrogens with zero attached hydrogens (tertiary/aromatic N) is 1. The maximum atomic E-state index is 5.36. The van der Waals surface area contributed by atoms with Gasteiger partial charge >= 0.3 is 0 Å². The Balaban J connectivity index is 1.39. The number of rotatable bonds is 4. The molecule has 6 aromatic rings. The van der Waals surface area contributed by atoms with E-state index in [4.69, 9.17) is 4.99 Å². The molecule has 0 fully saturated rings. The number of fused-ring (bicyclic) bond motifs is 7. The first-order valence-corrected chi connectivity index (χ1v) is 16.4. The van der Waals surface area contributed by atoms with Crippen LogP contribution in [-0.2, 0) is 0 Å². The summed E-state index contributed by atoms with van der Waals surface area (Å²) in [5, 5.41) is 6.00. The van der Waals surface area contributed by atoms with Crippen molar-refractivity contribution in [3.8, 4) is 0 Å². The Morgan fingerprint density at radius 3 is 1.62 bits per heavy atom. The molecule has 4 heteroatoms. The van der Waals surface area contributed by atoms with Crippen molar-refractivity contribution in [3.05, 3.63) is 226 Å². The number of nitrogens with one attached hydrogen (secondary N) is 3. The van der Waals surface area contributed by atoms with Gasteiger partial charge in [0.15, 0.2) is 0 Å². The second-order valence-electron chi connectivity index (χ2n) is 12.2. The van der Waals surface area contributed by atoms with Crippen LogP contribution in [0.3, 0.4) is 0 Å². The van der Waals surface area contributed by atoms with Gasteiger partial charge in [-0.1, -0.05) is 127 Å². The molecule has 0 saturated heterocycles. The van der Waals surface area contributed by atoms with Crippen molar-refractivity contribution in [2.45, 2.75) is 6.04 Å². The van der Waals surface area contributed by atoms with Crippen LogP contribution in [0.2, 0.25) is 0 Å². The molecule has 9 rings (SSSR count). The molecule has 0 radical (unpaired) electrons. The monoisotopic (exact) mass is 616 g/mol. The normalized spacial score (nSPS) is 19.1. The van der Waals surface area contributed by atoms with Crippen LogP contribution < -0.4 is 16.0 Å². The molecule has 228 valence electrons. The van der Waals surface area contributed by atoms with E-state index in [0.29, 0.717) is 0 Å². The number of aromatic amines is 2. The molecule has 8 bridgehead atoms. The molecule has 5 heterocycles. The van der Waals surface area contributed by atoms with Gasteiger partial charge in [0.25, 0.3) is 0 Å². The zero-order valence-electron chi connectivity index (χ0n) is 26.2. The lowest BCUT2D eigenvalue weighted by molar-refractivity contribution is 0.855. The van der Waals surface area contributed by atoms with Crippen LogP contribution in [0.5, 0.6) is 0 Å². The molecule has 0 spiro atoms. The third kappa shape index (κ3) is 4.91. The van der Waals surface area contributed by atoms with Crippen molar-refractivity contribution in [1.29, 1.82) is 0 Å². The number of aromatic nitrogens is 2. The summed E-state index contributed by atoms with van der Waals surface area (Å²) in [5.74, 6) is 0. The SMILES string of the molecule is C1=CC2=C(c3ccccc3)c3ccc([nH]3)C(c3ccccc3)=C3C=CC(N3)/C(c3ccccc3)=c3/cc/c([nH]3)=C(\c3ccccc3)C1=N2. The number of aliphatic imine (C=N–C) groups is 1. The number of H-pyrrole nitrogens is 2. The van der Waals surface area contributed by atoms with Crippen molar-refractivity contribution in [3.63, 3.8) is 0 Å². The van der Waals surface area contributed by atoms with Crippen molar-refractivity contribution in [1.82, 2.24) is 15.3 Å². The van der Waals surface area contributed by atoms with Crippen LogP contribution in [0.4, 0.5) is 0 Å². The predicted octanol–water partition coefficient (Wildman–Crippen LogP) is 7.51. The molecule has 1 atom stereocenters. The fourth-order valence-corrected chi connectivity index (χ4v) is 7.08. The molecule has 0 saturated carbocycles. The van der Waals surface area contributed by atoms with Gasteiger partial charge in [-0.3, -0.25) is 0 Å². The van der Waals surface area contributed by atoms with E-state index in [2.05, 4.69) is 185 Å². The smallest absolute Gasteiger partial charge is 0.0737 e. The number of allylic oxidation sites excluding steroid dienone is 3. The van der Waals surface area contributed by atoms with E-state index in [-0.39, 0.29) is 6.04 Å². The lowest BCUT2D eigenvalue weighted by Crippen LogP contribution is -2.30. The molecule has 1 unspecified atom stereocenters. The Morgan fingerprint density at radius 1 is 0.438 bits per heavy atom. The molecular formula is C44H32N4. The number of hydrogen-bond acceptors (Lipinski definition) is 2. The van der Waals surface area contributed by atoms with Crippen LogP contribution in [0, 0.1) is 0 Å². The van der Waals surface area contributed by atoms with Gasteiger partial charge in [-0.05, 0) is 64.7 Å². The second kappa shape index (κ2) is 11.8. The van der Waals surface area contributed by atoms with Gasteiger partial charge in [0.2, 0.25) is 0 Å². The Bertz CT molecular complexity index is 2440. The van der Waals surface area contributed by atoms with Crippen LogP contribution in [0.1, 0.15) is 33.6 Å². The van der Waals surface area contributed by atoms with E-state index in [1.165, 1.54) is 5.57 Å². The zero-order chi connectivity index (χ0) is 31.9. The maximum absolute atomic E-state index is 5.36. The molecule has 3 aliphatic heterocycles. The van der Waals surface area contributed by atoms with Gasteiger partial charge in [0, 0.05) is 50.1 Å². The third-order valence-corrected chi connectivity index (χ3v) is 9.24. The molecule has 0 amide bonds. The highest BCUT2D eigenvalue weighted by molar-refractivity contribution is 6.30. The van der Waals surface area contributed by atoms with Crippen molar-refractivity contribution in [2.75, 3.05) is 0 Å². The molecule has 48 heavy (non-hydrogen) atoms. The second-order valence-corrected chi connectivity index (χ2v) is 12.2. The van der Waals surface area contributed by atoms with Crippen LogP contribution in [0.15, 0.2) is 186 Å². The quantitative estimate of drug-likeness (QED) is 0.189. The van der Waals surface area contributed by atoms with Crippen LogP contribution in [-0.4, -0.2) is 21.7 Å². The Kier molecular flexibility index (Phi) is 6.83. The minimum absolute atomic E-state index is 0.0507. The van der Waals surface area contributed by atoms with E-state index in [0.717, 1.165) is 78.2 Å². The van der Waals surface area contributed by atoms with Gasteiger partial charge < -0.3 is 15.3 Å². The minimum atomic E-state index is -0.0507. The average Bonchev–Trinajstić information content (AvgIpc) is 3.98.